The monoisotopic (exact) mass is 376 g/mol. The van der Waals surface area contributed by atoms with Crippen LogP contribution in [0.4, 0.5) is 18.9 Å². The molecule has 0 aliphatic carbocycles. The van der Waals surface area contributed by atoms with E-state index in [-0.39, 0.29) is 28.2 Å². The molecule has 0 saturated carbocycles. The number of carbonyl (C=O) groups excluding carboxylic acids is 2. The molecule has 1 aromatic heterocycles. The highest BCUT2D eigenvalue weighted by molar-refractivity contribution is 6.08. The number of nitrogens with one attached hydrogen (secondary N) is 1. The molecule has 0 bridgehead atoms. The number of benzene rings is 2. The Morgan fingerprint density at radius 2 is 1.70 bits per heavy atom. The summed E-state index contributed by atoms with van der Waals surface area (Å²) in [7, 11) is 0. The van der Waals surface area contributed by atoms with Gasteiger partial charge in [0.1, 0.15) is 0 Å². The van der Waals surface area contributed by atoms with Crippen molar-refractivity contribution < 1.29 is 27.3 Å². The second-order valence-corrected chi connectivity index (χ2v) is 5.36. The van der Waals surface area contributed by atoms with Gasteiger partial charge in [-0.05, 0) is 24.3 Å². The van der Waals surface area contributed by atoms with Gasteiger partial charge in [0.2, 0.25) is 5.82 Å². The molecule has 0 unspecified atom stereocenters. The summed E-state index contributed by atoms with van der Waals surface area (Å²) in [6.45, 7) is 0. The third kappa shape index (κ3) is 3.94. The van der Waals surface area contributed by atoms with E-state index >= 15 is 0 Å². The molecule has 2 amide bonds. The molecule has 0 fully saturated rings. The highest BCUT2D eigenvalue weighted by Gasteiger charge is 2.38. The van der Waals surface area contributed by atoms with Gasteiger partial charge in [-0.25, -0.2) is 0 Å². The van der Waals surface area contributed by atoms with Crippen molar-refractivity contribution >= 4 is 17.5 Å². The molecule has 0 saturated heterocycles. The summed E-state index contributed by atoms with van der Waals surface area (Å²) in [5, 5.41) is 5.82. The first-order valence-corrected chi connectivity index (χ1v) is 7.47. The number of anilines is 1. The second kappa shape index (κ2) is 6.90. The van der Waals surface area contributed by atoms with Gasteiger partial charge >= 0.3 is 12.1 Å². The summed E-state index contributed by atoms with van der Waals surface area (Å²) in [5.74, 6) is -2.94. The number of primary amides is 1. The molecule has 0 radical (unpaired) electrons. The number of hydrogen-bond donors (Lipinski definition) is 2. The minimum Gasteiger partial charge on any atom is -0.366 e. The molecule has 3 rings (SSSR count). The minimum atomic E-state index is -4.74. The van der Waals surface area contributed by atoms with Crippen molar-refractivity contribution in [3.63, 3.8) is 0 Å². The van der Waals surface area contributed by atoms with E-state index < -0.39 is 23.9 Å². The van der Waals surface area contributed by atoms with Crippen molar-refractivity contribution in [2.75, 3.05) is 5.32 Å². The molecular formula is C17H11F3N4O3. The second-order valence-electron chi connectivity index (χ2n) is 5.36. The Morgan fingerprint density at radius 1 is 1.04 bits per heavy atom. The maximum Gasteiger partial charge on any atom is 0.471 e. The Bertz CT molecular complexity index is 997. The van der Waals surface area contributed by atoms with Gasteiger partial charge in [0, 0.05) is 11.1 Å². The number of aromatic nitrogens is 2. The number of nitrogens with zero attached hydrogens (tertiary/aromatic N) is 2. The molecule has 0 atom stereocenters. The predicted molar refractivity (Wildman–Crippen MR) is 87.6 cm³/mol. The van der Waals surface area contributed by atoms with Crippen LogP contribution in [0.15, 0.2) is 53.1 Å². The summed E-state index contributed by atoms with van der Waals surface area (Å²) >= 11 is 0. The lowest BCUT2D eigenvalue weighted by molar-refractivity contribution is -0.159. The summed E-state index contributed by atoms with van der Waals surface area (Å²) < 4.78 is 41.7. The standard InChI is InChI=1S/C17H11F3N4O3/c18-17(19,20)16-23-14(24-27-16)9-5-7-10(8-6-9)15(26)22-12-4-2-1-3-11(12)13(21)25/h1-8H,(H2,21,25)(H,22,26). The van der Waals surface area contributed by atoms with Crippen LogP contribution in [0.1, 0.15) is 26.6 Å². The zero-order valence-corrected chi connectivity index (χ0v) is 13.4. The fourth-order valence-corrected chi connectivity index (χ4v) is 2.23. The molecule has 7 nitrogen and oxygen atoms in total. The van der Waals surface area contributed by atoms with Crippen molar-refractivity contribution in [2.45, 2.75) is 6.18 Å². The number of hydrogen-bond acceptors (Lipinski definition) is 5. The third-order valence-corrected chi connectivity index (χ3v) is 3.51. The van der Waals surface area contributed by atoms with Gasteiger partial charge in [-0.15, -0.1) is 0 Å². The quantitative estimate of drug-likeness (QED) is 0.727. The first-order chi connectivity index (χ1) is 12.8. The Hall–Kier alpha value is -3.69. The van der Waals surface area contributed by atoms with Crippen molar-refractivity contribution in [1.29, 1.82) is 0 Å². The molecular weight excluding hydrogens is 365 g/mol. The Kier molecular flexibility index (Phi) is 4.63. The average molecular weight is 376 g/mol. The van der Waals surface area contributed by atoms with E-state index in [2.05, 4.69) is 20.0 Å². The zero-order chi connectivity index (χ0) is 19.6. The van der Waals surface area contributed by atoms with E-state index in [0.717, 1.165) is 0 Å². The van der Waals surface area contributed by atoms with Gasteiger partial charge in [-0.2, -0.15) is 18.2 Å². The summed E-state index contributed by atoms with van der Waals surface area (Å²) in [6, 6.07) is 11.7. The number of para-hydroxylation sites is 1. The molecule has 138 valence electrons. The number of carbonyl (C=O) groups is 2. The Balaban J connectivity index is 1.79. The number of rotatable bonds is 4. The van der Waals surface area contributed by atoms with Crippen molar-refractivity contribution in [1.82, 2.24) is 10.1 Å². The molecule has 2 aromatic carbocycles. The van der Waals surface area contributed by atoms with Crippen LogP contribution in [0.2, 0.25) is 0 Å². The third-order valence-electron chi connectivity index (χ3n) is 3.51. The van der Waals surface area contributed by atoms with Crippen LogP contribution >= 0.6 is 0 Å². The van der Waals surface area contributed by atoms with Crippen molar-refractivity contribution in [3.8, 4) is 11.4 Å². The first-order valence-electron chi connectivity index (χ1n) is 7.47. The van der Waals surface area contributed by atoms with Crippen LogP contribution in [0, 0.1) is 0 Å². The van der Waals surface area contributed by atoms with Gasteiger partial charge in [0.05, 0.1) is 11.3 Å². The molecule has 27 heavy (non-hydrogen) atoms. The number of nitrogens with two attached hydrogens (primary N) is 1. The molecule has 1 heterocycles. The molecule has 3 aromatic rings. The summed E-state index contributed by atoms with van der Waals surface area (Å²) in [4.78, 5) is 27.0. The average Bonchev–Trinajstić information content (AvgIpc) is 3.12. The first kappa shape index (κ1) is 18.1. The normalized spacial score (nSPS) is 11.2. The summed E-state index contributed by atoms with van der Waals surface area (Å²) in [5.41, 5.74) is 6.09. The SMILES string of the molecule is NC(=O)c1ccccc1NC(=O)c1ccc(-c2noc(C(F)(F)F)n2)cc1. The lowest BCUT2D eigenvalue weighted by atomic mass is 10.1. The van der Waals surface area contributed by atoms with Crippen LogP contribution in [0.25, 0.3) is 11.4 Å². The molecule has 0 aliphatic heterocycles. The minimum absolute atomic E-state index is 0.147. The Labute approximate surface area is 150 Å². The van der Waals surface area contributed by atoms with Gasteiger partial charge in [0.25, 0.3) is 11.8 Å². The van der Waals surface area contributed by atoms with E-state index in [4.69, 9.17) is 5.73 Å². The fourth-order valence-electron chi connectivity index (χ4n) is 2.23. The highest BCUT2D eigenvalue weighted by atomic mass is 19.4. The van der Waals surface area contributed by atoms with E-state index in [1.807, 2.05) is 0 Å². The topological polar surface area (TPSA) is 111 Å². The van der Waals surface area contributed by atoms with Crippen molar-refractivity contribution in [3.05, 3.63) is 65.5 Å². The molecule has 0 aliphatic rings. The van der Waals surface area contributed by atoms with Crippen LogP contribution < -0.4 is 11.1 Å². The van der Waals surface area contributed by atoms with E-state index in [1.165, 1.54) is 36.4 Å². The van der Waals surface area contributed by atoms with Gasteiger partial charge in [-0.3, -0.25) is 9.59 Å². The van der Waals surface area contributed by atoms with E-state index in [1.54, 1.807) is 12.1 Å². The largest absolute Gasteiger partial charge is 0.471 e. The fraction of sp³-hybridized carbons (Fsp3) is 0.0588. The van der Waals surface area contributed by atoms with E-state index in [0.29, 0.717) is 0 Å². The molecule has 3 N–H and O–H groups in total. The van der Waals surface area contributed by atoms with Gasteiger partial charge < -0.3 is 15.6 Å². The van der Waals surface area contributed by atoms with Crippen molar-refractivity contribution in [2.24, 2.45) is 5.73 Å². The predicted octanol–water partition coefficient (Wildman–Crippen LogP) is 3.11. The van der Waals surface area contributed by atoms with Crippen LogP contribution in [-0.4, -0.2) is 22.0 Å². The number of alkyl halides is 3. The maximum absolute atomic E-state index is 12.5. The van der Waals surface area contributed by atoms with E-state index in [9.17, 15) is 22.8 Å². The Morgan fingerprint density at radius 3 is 2.30 bits per heavy atom. The molecule has 10 heteroatoms. The zero-order valence-electron chi connectivity index (χ0n) is 13.4. The van der Waals surface area contributed by atoms with Crippen LogP contribution in [0.5, 0.6) is 0 Å². The maximum atomic E-state index is 12.5. The van der Waals surface area contributed by atoms with Gasteiger partial charge in [0.15, 0.2) is 0 Å². The molecule has 0 spiro atoms. The van der Waals surface area contributed by atoms with Crippen LogP contribution in [0.3, 0.4) is 0 Å². The smallest absolute Gasteiger partial charge is 0.366 e. The lowest BCUT2D eigenvalue weighted by Gasteiger charge is -2.09. The van der Waals surface area contributed by atoms with Crippen LogP contribution in [-0.2, 0) is 6.18 Å². The number of amides is 2. The van der Waals surface area contributed by atoms with Gasteiger partial charge in [-0.1, -0.05) is 29.4 Å². The lowest BCUT2D eigenvalue weighted by Crippen LogP contribution is -2.18. The number of halogens is 3. The highest BCUT2D eigenvalue weighted by Crippen LogP contribution is 2.29. The summed E-state index contributed by atoms with van der Waals surface area (Å²) in [6.07, 6.45) is -4.74.